The van der Waals surface area contributed by atoms with E-state index in [1.165, 1.54) is 5.56 Å². The minimum atomic E-state index is -0.785. The van der Waals surface area contributed by atoms with Crippen LogP contribution < -0.4 is 16.3 Å². The van der Waals surface area contributed by atoms with E-state index in [2.05, 4.69) is 21.8 Å². The number of nitrogens with one attached hydrogen (secondary N) is 2. The van der Waals surface area contributed by atoms with Crippen molar-refractivity contribution in [1.82, 2.24) is 9.66 Å². The normalized spacial score (nSPS) is 16.0. The highest BCUT2D eigenvalue weighted by molar-refractivity contribution is 5.76. The molecule has 1 atom stereocenters. The Morgan fingerprint density at radius 1 is 1.38 bits per heavy atom. The van der Waals surface area contributed by atoms with Crippen molar-refractivity contribution in [3.8, 4) is 6.07 Å². The second-order valence-corrected chi connectivity index (χ2v) is 8.06. The number of nitriles is 1. The third kappa shape index (κ3) is 4.57. The third-order valence-corrected chi connectivity index (χ3v) is 4.70. The van der Waals surface area contributed by atoms with E-state index >= 15 is 0 Å². The highest BCUT2D eigenvalue weighted by Gasteiger charge is 2.26. The summed E-state index contributed by atoms with van der Waals surface area (Å²) in [7, 11) is 0. The van der Waals surface area contributed by atoms with Crippen LogP contribution in [0.15, 0.2) is 29.1 Å². The number of hydrogen-bond donors (Lipinski definition) is 2. The number of aromatic nitrogens is 2. The summed E-state index contributed by atoms with van der Waals surface area (Å²) in [6.07, 6.45) is 0.792. The van der Waals surface area contributed by atoms with E-state index in [1.54, 1.807) is 27.7 Å². The molecule has 2 heterocycles. The van der Waals surface area contributed by atoms with Gasteiger partial charge in [-0.2, -0.15) is 9.94 Å². The number of benzene rings is 1. The van der Waals surface area contributed by atoms with Gasteiger partial charge in [-0.1, -0.05) is 18.2 Å². The number of carbonyl (C=O) groups is 1. The van der Waals surface area contributed by atoms with Gasteiger partial charge in [0.2, 0.25) is 0 Å². The van der Waals surface area contributed by atoms with Crippen LogP contribution >= 0.6 is 0 Å². The predicted molar refractivity (Wildman–Crippen MR) is 110 cm³/mol. The second kappa shape index (κ2) is 7.95. The summed E-state index contributed by atoms with van der Waals surface area (Å²) in [5.41, 5.74) is 3.71. The molecular formula is C21H25N5O3. The average Bonchev–Trinajstić information content (AvgIpc) is 2.86. The highest BCUT2D eigenvalue weighted by atomic mass is 16.6. The Morgan fingerprint density at radius 3 is 2.79 bits per heavy atom. The van der Waals surface area contributed by atoms with Gasteiger partial charge >= 0.3 is 6.09 Å². The lowest BCUT2D eigenvalue weighted by Gasteiger charge is -2.22. The van der Waals surface area contributed by atoms with Gasteiger partial charge in [0.05, 0.1) is 5.69 Å². The van der Waals surface area contributed by atoms with E-state index in [9.17, 15) is 14.9 Å². The van der Waals surface area contributed by atoms with Gasteiger partial charge in [0.15, 0.2) is 0 Å². The van der Waals surface area contributed by atoms with Gasteiger partial charge in [0, 0.05) is 18.2 Å². The van der Waals surface area contributed by atoms with Crippen molar-refractivity contribution < 1.29 is 9.53 Å². The van der Waals surface area contributed by atoms with E-state index in [-0.39, 0.29) is 17.3 Å². The molecular weight excluding hydrogens is 370 g/mol. The van der Waals surface area contributed by atoms with Gasteiger partial charge in [-0.25, -0.2) is 15.2 Å². The maximum absolute atomic E-state index is 12.9. The quantitative estimate of drug-likeness (QED) is 0.809. The van der Waals surface area contributed by atoms with E-state index in [1.807, 2.05) is 24.3 Å². The predicted octanol–water partition coefficient (Wildman–Crippen LogP) is 3.04. The Bertz CT molecular complexity index is 1000. The van der Waals surface area contributed by atoms with Crippen LogP contribution in [0, 0.1) is 18.3 Å². The zero-order valence-corrected chi connectivity index (χ0v) is 17.1. The van der Waals surface area contributed by atoms with Gasteiger partial charge in [0.25, 0.3) is 5.56 Å². The molecule has 0 saturated carbocycles. The number of rotatable bonds is 2. The first-order valence-electron chi connectivity index (χ1n) is 9.55. The van der Waals surface area contributed by atoms with Gasteiger partial charge in [-0.15, -0.1) is 0 Å². The maximum atomic E-state index is 12.9. The average molecular weight is 395 g/mol. The van der Waals surface area contributed by atoms with Gasteiger partial charge in [0.1, 0.15) is 23.1 Å². The van der Waals surface area contributed by atoms with Gasteiger partial charge in [-0.05, 0) is 52.2 Å². The van der Waals surface area contributed by atoms with Crippen LogP contribution in [-0.2, 0) is 11.2 Å². The van der Waals surface area contributed by atoms with Crippen LogP contribution in [0.4, 0.5) is 10.5 Å². The van der Waals surface area contributed by atoms with E-state index < -0.39 is 17.3 Å². The Hall–Kier alpha value is -3.34. The first kappa shape index (κ1) is 20.4. The van der Waals surface area contributed by atoms with Crippen molar-refractivity contribution >= 4 is 11.8 Å². The fourth-order valence-corrected chi connectivity index (χ4v) is 3.38. The molecule has 1 amide bonds. The molecule has 0 aliphatic carbocycles. The Balaban J connectivity index is 1.91. The summed E-state index contributed by atoms with van der Waals surface area (Å²) >= 11 is 0. The van der Waals surface area contributed by atoms with Crippen LogP contribution in [0.5, 0.6) is 0 Å². The number of nitrogens with zero attached hydrogens (tertiary/aromatic N) is 3. The Kier molecular flexibility index (Phi) is 5.59. The maximum Gasteiger partial charge on any atom is 0.427 e. The van der Waals surface area contributed by atoms with Crippen molar-refractivity contribution in [2.24, 2.45) is 0 Å². The fourth-order valence-electron chi connectivity index (χ4n) is 3.38. The summed E-state index contributed by atoms with van der Waals surface area (Å²) in [5.74, 6) is 0.191. The molecule has 1 aromatic carbocycles. The van der Waals surface area contributed by atoms with Crippen LogP contribution in [-0.4, -0.2) is 27.9 Å². The highest BCUT2D eigenvalue weighted by Crippen LogP contribution is 2.29. The molecule has 0 bridgehead atoms. The summed E-state index contributed by atoms with van der Waals surface area (Å²) in [6, 6.07) is 10.0. The van der Waals surface area contributed by atoms with Crippen LogP contribution in [0.1, 0.15) is 55.8 Å². The number of anilines is 1. The zero-order valence-electron chi connectivity index (χ0n) is 17.1. The van der Waals surface area contributed by atoms with E-state index in [4.69, 9.17) is 4.74 Å². The summed E-state index contributed by atoms with van der Waals surface area (Å²) in [6.45, 7) is 7.35. The Labute approximate surface area is 169 Å². The summed E-state index contributed by atoms with van der Waals surface area (Å²) in [5, 5.41) is 13.0. The van der Waals surface area contributed by atoms with Gasteiger partial charge in [-0.3, -0.25) is 4.79 Å². The molecule has 1 aliphatic rings. The van der Waals surface area contributed by atoms with Crippen molar-refractivity contribution in [2.75, 3.05) is 17.3 Å². The molecule has 0 radical (unpaired) electrons. The molecule has 0 spiro atoms. The minimum Gasteiger partial charge on any atom is -0.443 e. The standard InChI is InChI=1S/C21H25N5O3/c1-13-24-18(15-10-9-14-7-5-6-8-17(14)23-12-15)16(11-22)19(27)26(13)25-20(28)29-21(2,3)4/h5-8,15,23H,9-10,12H2,1-4H3,(H,25,28). The number of hydrogen-bond acceptors (Lipinski definition) is 6. The molecule has 3 rings (SSSR count). The molecule has 1 aromatic heterocycles. The zero-order chi connectivity index (χ0) is 21.2. The molecule has 1 aliphatic heterocycles. The topological polar surface area (TPSA) is 109 Å². The third-order valence-electron chi connectivity index (χ3n) is 4.70. The number of aryl methyl sites for hydroxylation is 2. The molecule has 2 N–H and O–H groups in total. The van der Waals surface area contributed by atoms with Crippen molar-refractivity contribution in [1.29, 1.82) is 5.26 Å². The number of fused-ring (bicyclic) bond motifs is 1. The first-order valence-corrected chi connectivity index (χ1v) is 9.55. The Morgan fingerprint density at radius 2 is 2.10 bits per heavy atom. The lowest BCUT2D eigenvalue weighted by molar-refractivity contribution is 0.0611. The largest absolute Gasteiger partial charge is 0.443 e. The molecule has 1 unspecified atom stereocenters. The lowest BCUT2D eigenvalue weighted by Crippen LogP contribution is -2.40. The smallest absolute Gasteiger partial charge is 0.427 e. The number of carbonyl (C=O) groups excluding carboxylic acids is 1. The number of ether oxygens (including phenoxy) is 1. The molecule has 0 fully saturated rings. The van der Waals surface area contributed by atoms with E-state index in [0.717, 1.165) is 23.2 Å². The second-order valence-electron chi connectivity index (χ2n) is 8.06. The van der Waals surface area contributed by atoms with Crippen molar-refractivity contribution in [3.05, 3.63) is 57.3 Å². The monoisotopic (exact) mass is 395 g/mol. The molecule has 2 aromatic rings. The van der Waals surface area contributed by atoms with Crippen molar-refractivity contribution in [3.63, 3.8) is 0 Å². The molecule has 8 nitrogen and oxygen atoms in total. The van der Waals surface area contributed by atoms with Crippen LogP contribution in [0.2, 0.25) is 0 Å². The van der Waals surface area contributed by atoms with Crippen molar-refractivity contribution in [2.45, 2.75) is 52.1 Å². The number of amides is 1. The molecule has 0 saturated heterocycles. The SMILES string of the molecule is Cc1nc(C2CCc3ccccc3NC2)c(C#N)c(=O)n1NC(=O)OC(C)(C)C. The van der Waals surface area contributed by atoms with E-state index in [0.29, 0.717) is 12.2 Å². The summed E-state index contributed by atoms with van der Waals surface area (Å²) < 4.78 is 6.16. The first-order chi connectivity index (χ1) is 13.7. The molecule has 29 heavy (non-hydrogen) atoms. The fraction of sp³-hybridized carbons (Fsp3) is 0.429. The van der Waals surface area contributed by atoms with Crippen LogP contribution in [0.3, 0.4) is 0 Å². The van der Waals surface area contributed by atoms with Gasteiger partial charge < -0.3 is 10.1 Å². The van der Waals surface area contributed by atoms with Crippen LogP contribution in [0.25, 0.3) is 0 Å². The molecule has 8 heteroatoms. The minimum absolute atomic E-state index is 0.0654. The molecule has 152 valence electrons. The number of para-hydroxylation sites is 1. The summed E-state index contributed by atoms with van der Waals surface area (Å²) in [4.78, 5) is 29.5. The lowest BCUT2D eigenvalue weighted by atomic mass is 9.95.